The van der Waals surface area contributed by atoms with Crippen molar-refractivity contribution in [2.45, 2.75) is 13.8 Å². The zero-order valence-corrected chi connectivity index (χ0v) is 14.4. The average Bonchev–Trinajstić information content (AvgIpc) is 2.50. The number of likely N-dealkylation sites (N-methyl/N-ethyl adjacent to an activating group) is 1. The third-order valence-electron chi connectivity index (χ3n) is 3.95. The van der Waals surface area contributed by atoms with Crippen LogP contribution in [0.3, 0.4) is 0 Å². The molecule has 4 amide bonds. The topological polar surface area (TPSA) is 82.1 Å². The Morgan fingerprint density at radius 1 is 1.25 bits per heavy atom. The second-order valence-electron chi connectivity index (χ2n) is 6.02. The largest absolute Gasteiger partial charge is 0.335 e. The molecule has 1 aromatic carbocycles. The monoisotopic (exact) mass is 330 g/mol. The smallest absolute Gasteiger partial charge is 0.308 e. The van der Waals surface area contributed by atoms with Gasteiger partial charge < -0.3 is 4.90 Å². The second kappa shape index (κ2) is 7.35. The third-order valence-corrected chi connectivity index (χ3v) is 3.95. The number of aliphatic imine (C=N–C) groups is 1. The molecule has 0 bridgehead atoms. The Kier molecular flexibility index (Phi) is 5.46. The van der Waals surface area contributed by atoms with Gasteiger partial charge in [-0.25, -0.2) is 9.69 Å². The maximum atomic E-state index is 12.7. The highest BCUT2D eigenvalue weighted by Gasteiger charge is 2.40. The number of hydrogen-bond acceptors (Lipinski definition) is 5. The first-order valence-corrected chi connectivity index (χ1v) is 7.72. The highest BCUT2D eigenvalue weighted by atomic mass is 16.2. The van der Waals surface area contributed by atoms with Crippen LogP contribution in [0.1, 0.15) is 11.1 Å². The molecule has 0 saturated carbocycles. The molecule has 7 nitrogen and oxygen atoms in total. The number of anilines is 1. The summed E-state index contributed by atoms with van der Waals surface area (Å²) >= 11 is 0. The first-order chi connectivity index (χ1) is 11.3. The predicted molar refractivity (Wildman–Crippen MR) is 92.3 cm³/mol. The zero-order valence-electron chi connectivity index (χ0n) is 14.4. The van der Waals surface area contributed by atoms with Crippen LogP contribution in [0.2, 0.25) is 0 Å². The van der Waals surface area contributed by atoms with Gasteiger partial charge in [-0.2, -0.15) is 0 Å². The van der Waals surface area contributed by atoms with Gasteiger partial charge in [-0.05, 0) is 45.1 Å². The van der Waals surface area contributed by atoms with Gasteiger partial charge in [0.05, 0.1) is 12.2 Å². The van der Waals surface area contributed by atoms with Crippen LogP contribution in [-0.2, 0) is 9.59 Å². The Morgan fingerprint density at radius 3 is 2.62 bits per heavy atom. The maximum absolute atomic E-state index is 12.7. The Hall–Kier alpha value is -2.54. The molecule has 2 rings (SSSR count). The van der Waals surface area contributed by atoms with Gasteiger partial charge in [0.2, 0.25) is 5.91 Å². The Labute approximate surface area is 141 Å². The van der Waals surface area contributed by atoms with Gasteiger partial charge in [-0.1, -0.05) is 12.1 Å². The molecule has 0 aromatic heterocycles. The quantitative estimate of drug-likeness (QED) is 0.648. The fourth-order valence-electron chi connectivity index (χ4n) is 2.37. The van der Waals surface area contributed by atoms with Gasteiger partial charge in [-0.3, -0.25) is 19.9 Å². The number of carbonyl (C=O) groups excluding carboxylic acids is 3. The molecule has 1 saturated heterocycles. The van der Waals surface area contributed by atoms with Crippen molar-refractivity contribution >= 4 is 29.7 Å². The minimum absolute atomic E-state index is 0.474. The van der Waals surface area contributed by atoms with E-state index in [0.717, 1.165) is 16.0 Å². The van der Waals surface area contributed by atoms with Gasteiger partial charge >= 0.3 is 6.03 Å². The van der Waals surface area contributed by atoms with E-state index < -0.39 is 23.8 Å². The summed E-state index contributed by atoms with van der Waals surface area (Å²) in [7, 11) is 3.82. The van der Waals surface area contributed by atoms with E-state index in [2.05, 4.69) is 10.3 Å². The molecule has 1 N–H and O–H groups in total. The van der Waals surface area contributed by atoms with Gasteiger partial charge in [-0.15, -0.1) is 0 Å². The molecular formula is C17H22N4O3. The van der Waals surface area contributed by atoms with Crippen LogP contribution in [0.25, 0.3) is 0 Å². The summed E-state index contributed by atoms with van der Waals surface area (Å²) in [4.78, 5) is 44.0. The number of hydrogen-bond donors (Lipinski definition) is 1. The summed E-state index contributed by atoms with van der Waals surface area (Å²) in [5, 5.41) is 2.23. The number of nitrogens with one attached hydrogen (secondary N) is 1. The van der Waals surface area contributed by atoms with E-state index in [1.54, 1.807) is 12.1 Å². The number of urea groups is 1. The molecule has 1 aliphatic heterocycles. The molecule has 128 valence electrons. The summed E-state index contributed by atoms with van der Waals surface area (Å²) in [6, 6.07) is 4.64. The van der Waals surface area contributed by atoms with Crippen molar-refractivity contribution < 1.29 is 14.4 Å². The molecule has 7 heteroatoms. The zero-order chi connectivity index (χ0) is 17.9. The van der Waals surface area contributed by atoms with E-state index in [9.17, 15) is 14.4 Å². The molecule has 1 atom stereocenters. The van der Waals surface area contributed by atoms with Gasteiger partial charge in [0.15, 0.2) is 5.92 Å². The van der Waals surface area contributed by atoms with Crippen LogP contribution < -0.4 is 10.2 Å². The van der Waals surface area contributed by atoms with E-state index >= 15 is 0 Å². The second-order valence-corrected chi connectivity index (χ2v) is 6.02. The van der Waals surface area contributed by atoms with Crippen LogP contribution in [0.5, 0.6) is 0 Å². The highest BCUT2D eigenvalue weighted by molar-refractivity contribution is 6.32. The van der Waals surface area contributed by atoms with Gasteiger partial charge in [0.25, 0.3) is 5.91 Å². The van der Waals surface area contributed by atoms with E-state index in [1.807, 2.05) is 38.9 Å². The lowest BCUT2D eigenvalue weighted by Gasteiger charge is -2.29. The van der Waals surface area contributed by atoms with E-state index in [1.165, 1.54) is 6.21 Å². The van der Waals surface area contributed by atoms with Crippen LogP contribution in [0.4, 0.5) is 10.5 Å². The number of barbiturate groups is 1. The Balaban J connectivity index is 2.26. The lowest BCUT2D eigenvalue weighted by molar-refractivity contribution is -0.131. The normalized spacial score (nSPS) is 18.6. The van der Waals surface area contributed by atoms with Crippen molar-refractivity contribution in [2.24, 2.45) is 10.9 Å². The lowest BCUT2D eigenvalue weighted by atomic mass is 10.0. The van der Waals surface area contributed by atoms with Crippen molar-refractivity contribution in [3.05, 3.63) is 29.3 Å². The van der Waals surface area contributed by atoms with Crippen molar-refractivity contribution in [1.29, 1.82) is 0 Å². The first kappa shape index (κ1) is 17.8. The lowest BCUT2D eigenvalue weighted by Crippen LogP contribution is -2.58. The van der Waals surface area contributed by atoms with Crippen LogP contribution >= 0.6 is 0 Å². The first-order valence-electron chi connectivity index (χ1n) is 7.72. The molecule has 1 aliphatic rings. The van der Waals surface area contributed by atoms with Crippen LogP contribution in [-0.4, -0.2) is 56.1 Å². The summed E-state index contributed by atoms with van der Waals surface area (Å²) in [6.07, 6.45) is 1.33. The number of amides is 4. The van der Waals surface area contributed by atoms with Crippen molar-refractivity contribution in [3.63, 3.8) is 0 Å². The fourth-order valence-corrected chi connectivity index (χ4v) is 2.37. The minimum atomic E-state index is -1.09. The van der Waals surface area contributed by atoms with Crippen molar-refractivity contribution in [3.8, 4) is 0 Å². The fraction of sp³-hybridized carbons (Fsp3) is 0.412. The number of carbonyl (C=O) groups is 3. The van der Waals surface area contributed by atoms with Gasteiger partial charge in [0.1, 0.15) is 0 Å². The number of aryl methyl sites for hydroxylation is 1. The summed E-state index contributed by atoms with van der Waals surface area (Å²) in [5.41, 5.74) is 2.26. The van der Waals surface area contributed by atoms with E-state index in [4.69, 9.17) is 0 Å². The molecule has 0 radical (unpaired) electrons. The number of imide groups is 2. The Bertz CT molecular complexity index is 697. The van der Waals surface area contributed by atoms with E-state index in [-0.39, 0.29) is 0 Å². The number of rotatable bonds is 5. The molecule has 24 heavy (non-hydrogen) atoms. The minimum Gasteiger partial charge on any atom is -0.308 e. The predicted octanol–water partition coefficient (Wildman–Crippen LogP) is 1.13. The standard InChI is InChI=1S/C17H22N4O3/c1-11-6-5-7-14(12(11)2)21-16(23)13(15(22)19-17(21)24)10-18-8-9-20(3)4/h5-7,10,13H,8-9H2,1-4H3,(H,19,22,24)/t13-/m1/s1. The summed E-state index contributed by atoms with van der Waals surface area (Å²) < 4.78 is 0. The summed E-state index contributed by atoms with van der Waals surface area (Å²) in [5.74, 6) is -2.31. The molecule has 1 aromatic rings. The molecule has 0 aliphatic carbocycles. The van der Waals surface area contributed by atoms with Gasteiger partial charge in [0, 0.05) is 12.8 Å². The molecular weight excluding hydrogens is 308 g/mol. The molecule has 0 unspecified atom stereocenters. The molecule has 1 heterocycles. The van der Waals surface area contributed by atoms with Crippen LogP contribution in [0, 0.1) is 19.8 Å². The third kappa shape index (κ3) is 3.68. The van der Waals surface area contributed by atoms with E-state index in [0.29, 0.717) is 18.8 Å². The SMILES string of the molecule is Cc1cccc(N2C(=O)NC(=O)[C@@H](C=NCCN(C)C)C2=O)c1C. The maximum Gasteiger partial charge on any atom is 0.335 e. The van der Waals surface area contributed by atoms with Crippen molar-refractivity contribution in [2.75, 3.05) is 32.1 Å². The van der Waals surface area contributed by atoms with Crippen molar-refractivity contribution in [1.82, 2.24) is 10.2 Å². The van der Waals surface area contributed by atoms with Crippen LogP contribution in [0.15, 0.2) is 23.2 Å². The Morgan fingerprint density at radius 2 is 1.96 bits per heavy atom. The number of nitrogens with zero attached hydrogens (tertiary/aromatic N) is 3. The number of benzene rings is 1. The average molecular weight is 330 g/mol. The molecule has 1 fully saturated rings. The molecule has 0 spiro atoms. The summed E-state index contributed by atoms with van der Waals surface area (Å²) in [6.45, 7) is 4.92. The highest BCUT2D eigenvalue weighted by Crippen LogP contribution is 2.26.